The Balaban J connectivity index is 2.84. The Morgan fingerprint density at radius 2 is 2.27 bits per heavy atom. The van der Waals surface area contributed by atoms with Crippen LogP contribution >= 0.6 is 27.3 Å². The number of halogens is 1. The molecule has 0 aliphatic carbocycles. The van der Waals surface area contributed by atoms with Crippen LogP contribution in [0, 0.1) is 0 Å². The highest BCUT2D eigenvalue weighted by atomic mass is 79.9. The lowest BCUT2D eigenvalue weighted by molar-refractivity contribution is 0.254. The van der Waals surface area contributed by atoms with Gasteiger partial charge >= 0.3 is 0 Å². The lowest BCUT2D eigenvalue weighted by atomic mass is 10.3. The Hall–Kier alpha value is 0.0500. The van der Waals surface area contributed by atoms with E-state index in [1.807, 2.05) is 6.92 Å². The SMILES string of the molecule is CC[C@H](CO)NS(=O)(=O)c1ccc(Br)s1. The smallest absolute Gasteiger partial charge is 0.250 e. The van der Waals surface area contributed by atoms with Gasteiger partial charge < -0.3 is 5.11 Å². The molecule has 0 amide bonds. The van der Waals surface area contributed by atoms with Gasteiger partial charge in [-0.3, -0.25) is 0 Å². The zero-order valence-electron chi connectivity index (χ0n) is 8.10. The van der Waals surface area contributed by atoms with Crippen molar-refractivity contribution in [1.29, 1.82) is 0 Å². The minimum atomic E-state index is -3.48. The van der Waals surface area contributed by atoms with Crippen LogP contribution < -0.4 is 4.72 Å². The summed E-state index contributed by atoms with van der Waals surface area (Å²) >= 11 is 4.34. The summed E-state index contributed by atoms with van der Waals surface area (Å²) in [5, 5.41) is 8.91. The molecule has 0 bridgehead atoms. The fourth-order valence-electron chi connectivity index (χ4n) is 0.969. The minimum Gasteiger partial charge on any atom is -0.395 e. The maximum atomic E-state index is 11.7. The lowest BCUT2D eigenvalue weighted by Gasteiger charge is -2.12. The fraction of sp³-hybridized carbons (Fsp3) is 0.500. The van der Waals surface area contributed by atoms with Gasteiger partial charge in [0.05, 0.1) is 10.4 Å². The number of sulfonamides is 1. The van der Waals surface area contributed by atoms with Crippen molar-refractivity contribution < 1.29 is 13.5 Å². The van der Waals surface area contributed by atoms with Crippen molar-refractivity contribution in [2.24, 2.45) is 0 Å². The molecule has 7 heteroatoms. The predicted molar refractivity (Wildman–Crippen MR) is 63.5 cm³/mol. The molecular formula is C8H12BrNO3S2. The first-order valence-electron chi connectivity index (χ1n) is 4.38. The number of rotatable bonds is 5. The Morgan fingerprint density at radius 1 is 1.60 bits per heavy atom. The summed E-state index contributed by atoms with van der Waals surface area (Å²) in [6, 6.07) is 2.79. The van der Waals surface area contributed by atoms with Crippen molar-refractivity contribution in [2.45, 2.75) is 23.6 Å². The molecule has 2 N–H and O–H groups in total. The molecular weight excluding hydrogens is 302 g/mol. The summed E-state index contributed by atoms with van der Waals surface area (Å²) in [7, 11) is -3.48. The second-order valence-corrected chi connectivity index (χ2v) is 7.37. The first-order chi connectivity index (χ1) is 6.99. The highest BCUT2D eigenvalue weighted by Gasteiger charge is 2.19. The molecule has 0 aromatic carbocycles. The molecule has 0 saturated carbocycles. The van der Waals surface area contributed by atoms with Gasteiger partial charge in [0, 0.05) is 6.04 Å². The molecule has 4 nitrogen and oxygen atoms in total. The lowest BCUT2D eigenvalue weighted by Crippen LogP contribution is -2.36. The molecule has 0 spiro atoms. The van der Waals surface area contributed by atoms with Crippen molar-refractivity contribution >= 4 is 37.3 Å². The van der Waals surface area contributed by atoms with Crippen molar-refractivity contribution in [3.63, 3.8) is 0 Å². The quantitative estimate of drug-likeness (QED) is 0.867. The fourth-order valence-corrected chi connectivity index (χ4v) is 4.31. The van der Waals surface area contributed by atoms with E-state index in [1.54, 1.807) is 6.07 Å². The normalized spacial score (nSPS) is 14.1. The van der Waals surface area contributed by atoms with E-state index >= 15 is 0 Å². The van der Waals surface area contributed by atoms with E-state index in [4.69, 9.17) is 5.11 Å². The van der Waals surface area contributed by atoms with Gasteiger partial charge in [0.25, 0.3) is 0 Å². The van der Waals surface area contributed by atoms with Crippen LogP contribution in [0.5, 0.6) is 0 Å². The van der Waals surface area contributed by atoms with Crippen molar-refractivity contribution in [3.05, 3.63) is 15.9 Å². The summed E-state index contributed by atoms with van der Waals surface area (Å²) in [5.74, 6) is 0. The van der Waals surface area contributed by atoms with Gasteiger partial charge in [-0.15, -0.1) is 11.3 Å². The zero-order chi connectivity index (χ0) is 11.5. The van der Waals surface area contributed by atoms with Crippen LogP contribution in [-0.4, -0.2) is 26.2 Å². The summed E-state index contributed by atoms with van der Waals surface area (Å²) in [6.07, 6.45) is 0.558. The van der Waals surface area contributed by atoms with E-state index in [0.29, 0.717) is 6.42 Å². The van der Waals surface area contributed by atoms with E-state index in [-0.39, 0.29) is 10.8 Å². The third-order valence-electron chi connectivity index (χ3n) is 1.85. The van der Waals surface area contributed by atoms with Crippen LogP contribution in [0.3, 0.4) is 0 Å². The largest absolute Gasteiger partial charge is 0.395 e. The average Bonchev–Trinajstić information content (AvgIpc) is 2.62. The van der Waals surface area contributed by atoms with Crippen LogP contribution in [-0.2, 0) is 10.0 Å². The zero-order valence-corrected chi connectivity index (χ0v) is 11.3. The van der Waals surface area contributed by atoms with Crippen LogP contribution in [0.15, 0.2) is 20.1 Å². The van der Waals surface area contributed by atoms with Gasteiger partial charge in [0.2, 0.25) is 10.0 Å². The van der Waals surface area contributed by atoms with Gasteiger partial charge in [-0.2, -0.15) is 0 Å². The molecule has 0 aliphatic rings. The highest BCUT2D eigenvalue weighted by molar-refractivity contribution is 9.11. The van der Waals surface area contributed by atoms with Crippen LogP contribution in [0.25, 0.3) is 0 Å². The molecule has 0 saturated heterocycles. The van der Waals surface area contributed by atoms with E-state index in [0.717, 1.165) is 15.1 Å². The summed E-state index contributed by atoms with van der Waals surface area (Å²) in [4.78, 5) is 0. The number of aliphatic hydroxyl groups excluding tert-OH is 1. The van der Waals surface area contributed by atoms with Crippen molar-refractivity contribution in [3.8, 4) is 0 Å². The third-order valence-corrected chi connectivity index (χ3v) is 5.48. The Morgan fingerprint density at radius 3 is 2.67 bits per heavy atom. The van der Waals surface area contributed by atoms with Gasteiger partial charge in [-0.1, -0.05) is 6.92 Å². The van der Waals surface area contributed by atoms with Gasteiger partial charge in [-0.05, 0) is 34.5 Å². The predicted octanol–water partition coefficient (Wildman–Crippen LogP) is 1.56. The number of aliphatic hydroxyl groups is 1. The van der Waals surface area contributed by atoms with Gasteiger partial charge in [0.1, 0.15) is 4.21 Å². The van der Waals surface area contributed by atoms with E-state index < -0.39 is 16.1 Å². The third kappa shape index (κ3) is 3.53. The van der Waals surface area contributed by atoms with Crippen LogP contribution in [0.4, 0.5) is 0 Å². The number of hydrogen-bond donors (Lipinski definition) is 2. The molecule has 1 heterocycles. The van der Waals surface area contributed by atoms with E-state index in [9.17, 15) is 8.42 Å². The van der Waals surface area contributed by atoms with Crippen molar-refractivity contribution in [1.82, 2.24) is 4.72 Å². The molecule has 0 unspecified atom stereocenters. The molecule has 1 atom stereocenters. The minimum absolute atomic E-state index is 0.192. The van der Waals surface area contributed by atoms with Crippen LogP contribution in [0.1, 0.15) is 13.3 Å². The first kappa shape index (κ1) is 13.1. The van der Waals surface area contributed by atoms with Gasteiger partial charge in [-0.25, -0.2) is 13.1 Å². The molecule has 15 heavy (non-hydrogen) atoms. The van der Waals surface area contributed by atoms with Crippen molar-refractivity contribution in [2.75, 3.05) is 6.61 Å². The second kappa shape index (κ2) is 5.40. The van der Waals surface area contributed by atoms with Gasteiger partial charge in [0.15, 0.2) is 0 Å². The summed E-state index contributed by atoms with van der Waals surface area (Å²) < 4.78 is 26.9. The standard InChI is InChI=1S/C8H12BrNO3S2/c1-2-6(5-11)10-15(12,13)8-4-3-7(9)14-8/h3-4,6,10-11H,2,5H2,1H3/t6-/m1/s1. The number of nitrogens with one attached hydrogen (secondary N) is 1. The maximum Gasteiger partial charge on any atom is 0.250 e. The Bertz CT molecular complexity index is 411. The van der Waals surface area contributed by atoms with E-state index in [2.05, 4.69) is 20.7 Å². The Labute approximate surface area is 102 Å². The molecule has 0 fully saturated rings. The summed E-state index contributed by atoms with van der Waals surface area (Å²) in [6.45, 7) is 1.62. The Kier molecular flexibility index (Phi) is 4.72. The maximum absolute atomic E-state index is 11.7. The molecule has 1 aromatic rings. The monoisotopic (exact) mass is 313 g/mol. The number of thiophene rings is 1. The average molecular weight is 314 g/mol. The first-order valence-corrected chi connectivity index (χ1v) is 7.47. The van der Waals surface area contributed by atoms with E-state index in [1.165, 1.54) is 6.07 Å². The van der Waals surface area contributed by atoms with Crippen LogP contribution in [0.2, 0.25) is 0 Å². The number of hydrogen-bond acceptors (Lipinski definition) is 4. The molecule has 0 radical (unpaired) electrons. The topological polar surface area (TPSA) is 66.4 Å². The molecule has 86 valence electrons. The molecule has 1 aromatic heterocycles. The highest BCUT2D eigenvalue weighted by Crippen LogP contribution is 2.25. The second-order valence-electron chi connectivity index (χ2n) is 2.97. The molecule has 1 rings (SSSR count). The summed E-state index contributed by atoms with van der Waals surface area (Å²) in [5.41, 5.74) is 0. The molecule has 0 aliphatic heterocycles.